The monoisotopic (exact) mass is 659 g/mol. The van der Waals surface area contributed by atoms with Crippen LogP contribution in [0.25, 0.3) is 0 Å². The van der Waals surface area contributed by atoms with Gasteiger partial charge >= 0.3 is 0 Å². The van der Waals surface area contributed by atoms with Crippen LogP contribution in [0.1, 0.15) is 57.1 Å². The molecular weight excluding hydrogens is 621 g/mol. The van der Waals surface area contributed by atoms with Crippen LogP contribution in [-0.4, -0.2) is 50.4 Å². The maximum atomic E-state index is 14.3. The van der Waals surface area contributed by atoms with Gasteiger partial charge in [0.15, 0.2) is 0 Å². The van der Waals surface area contributed by atoms with Gasteiger partial charge in [0, 0.05) is 22.6 Å². The van der Waals surface area contributed by atoms with Gasteiger partial charge in [-0.05, 0) is 87.2 Å². The fraction of sp³-hybridized carbons (Fsp3) is 0.394. The van der Waals surface area contributed by atoms with E-state index in [4.69, 9.17) is 27.9 Å². The molecule has 3 aromatic carbocycles. The number of anilines is 1. The molecule has 1 saturated carbocycles. The van der Waals surface area contributed by atoms with Crippen molar-refractivity contribution >= 4 is 50.7 Å². The maximum absolute atomic E-state index is 14.3. The molecule has 44 heavy (non-hydrogen) atoms. The van der Waals surface area contributed by atoms with Gasteiger partial charge in [-0.25, -0.2) is 8.42 Å². The predicted molar refractivity (Wildman–Crippen MR) is 175 cm³/mol. The van der Waals surface area contributed by atoms with Crippen LogP contribution in [-0.2, 0) is 26.2 Å². The number of carbonyl (C=O) groups excluding carboxylic acids is 2. The second-order valence-electron chi connectivity index (χ2n) is 10.9. The SMILES string of the molecule is CCOc1ccc(S(=O)(=O)N(CC(=O)N(Cc2ccc(Cl)cc2Cl)C(CC)C(=O)NC2CCCC2)c2ccc(C)cc2)cc1. The molecule has 1 aliphatic rings. The third-order valence-corrected chi connectivity index (χ3v) is 10.1. The summed E-state index contributed by atoms with van der Waals surface area (Å²) in [7, 11) is -4.20. The Kier molecular flexibility index (Phi) is 11.6. The van der Waals surface area contributed by atoms with Gasteiger partial charge in [-0.2, -0.15) is 0 Å². The molecule has 0 aromatic heterocycles. The van der Waals surface area contributed by atoms with Crippen molar-refractivity contribution in [3.05, 3.63) is 87.9 Å². The maximum Gasteiger partial charge on any atom is 0.264 e. The first-order valence-electron chi connectivity index (χ1n) is 14.9. The molecule has 2 amide bonds. The molecule has 1 unspecified atom stereocenters. The van der Waals surface area contributed by atoms with Crippen LogP contribution < -0.4 is 14.4 Å². The van der Waals surface area contributed by atoms with Gasteiger partial charge in [-0.1, -0.05) is 66.7 Å². The van der Waals surface area contributed by atoms with Gasteiger partial charge in [-0.15, -0.1) is 0 Å². The number of ether oxygens (including phenoxy) is 1. The molecule has 3 aromatic rings. The lowest BCUT2D eigenvalue weighted by Gasteiger charge is -2.34. The number of nitrogens with one attached hydrogen (secondary N) is 1. The third kappa shape index (κ3) is 8.25. The minimum Gasteiger partial charge on any atom is -0.494 e. The Morgan fingerprint density at radius 2 is 1.64 bits per heavy atom. The van der Waals surface area contributed by atoms with E-state index in [1.807, 2.05) is 20.8 Å². The van der Waals surface area contributed by atoms with E-state index in [1.165, 1.54) is 17.0 Å². The first kappa shape index (κ1) is 33.6. The Morgan fingerprint density at radius 3 is 2.23 bits per heavy atom. The molecule has 4 rings (SSSR count). The molecule has 1 N–H and O–H groups in total. The summed E-state index contributed by atoms with van der Waals surface area (Å²) < 4.78 is 34.8. The van der Waals surface area contributed by atoms with E-state index in [-0.39, 0.29) is 23.4 Å². The first-order valence-corrected chi connectivity index (χ1v) is 17.1. The molecule has 0 bridgehead atoms. The minimum atomic E-state index is -4.20. The van der Waals surface area contributed by atoms with Crippen molar-refractivity contribution < 1.29 is 22.7 Å². The molecule has 0 radical (unpaired) electrons. The number of aryl methyl sites for hydroxylation is 1. The molecule has 8 nitrogen and oxygen atoms in total. The van der Waals surface area contributed by atoms with E-state index < -0.39 is 28.5 Å². The highest BCUT2D eigenvalue weighted by Gasteiger charge is 2.35. The van der Waals surface area contributed by atoms with Crippen molar-refractivity contribution in [3.8, 4) is 5.75 Å². The van der Waals surface area contributed by atoms with Gasteiger partial charge in [0.2, 0.25) is 11.8 Å². The van der Waals surface area contributed by atoms with Crippen LogP contribution in [0.4, 0.5) is 5.69 Å². The Labute approximate surface area is 270 Å². The van der Waals surface area contributed by atoms with Crippen molar-refractivity contribution in [2.24, 2.45) is 0 Å². The zero-order valence-corrected chi connectivity index (χ0v) is 27.6. The van der Waals surface area contributed by atoms with E-state index in [2.05, 4.69) is 5.32 Å². The lowest BCUT2D eigenvalue weighted by molar-refractivity contribution is -0.140. The smallest absolute Gasteiger partial charge is 0.264 e. The molecule has 236 valence electrons. The van der Waals surface area contributed by atoms with E-state index in [0.717, 1.165) is 35.6 Å². The van der Waals surface area contributed by atoms with Crippen molar-refractivity contribution in [1.82, 2.24) is 10.2 Å². The van der Waals surface area contributed by atoms with Crippen molar-refractivity contribution in [1.29, 1.82) is 0 Å². The van der Waals surface area contributed by atoms with Crippen molar-refractivity contribution in [3.63, 3.8) is 0 Å². The van der Waals surface area contributed by atoms with Crippen molar-refractivity contribution in [2.45, 2.75) is 76.4 Å². The van der Waals surface area contributed by atoms with Crippen LogP contribution >= 0.6 is 23.2 Å². The zero-order chi connectivity index (χ0) is 31.9. The fourth-order valence-electron chi connectivity index (χ4n) is 5.36. The molecular formula is C33H39Cl2N3O5S. The lowest BCUT2D eigenvalue weighted by Crippen LogP contribution is -2.53. The second-order valence-corrected chi connectivity index (χ2v) is 13.6. The second kappa shape index (κ2) is 15.1. The van der Waals surface area contributed by atoms with Gasteiger partial charge in [-0.3, -0.25) is 13.9 Å². The average Bonchev–Trinajstić information content (AvgIpc) is 3.51. The number of halogens is 2. The molecule has 0 aliphatic heterocycles. The van der Waals surface area contributed by atoms with E-state index >= 15 is 0 Å². The Balaban J connectivity index is 1.72. The summed E-state index contributed by atoms with van der Waals surface area (Å²) >= 11 is 12.6. The van der Waals surface area contributed by atoms with E-state index in [0.29, 0.717) is 40.1 Å². The van der Waals surface area contributed by atoms with Crippen molar-refractivity contribution in [2.75, 3.05) is 17.5 Å². The summed E-state index contributed by atoms with van der Waals surface area (Å²) in [6.07, 6.45) is 4.19. The van der Waals surface area contributed by atoms with Crippen LogP contribution in [0.2, 0.25) is 10.0 Å². The summed E-state index contributed by atoms with van der Waals surface area (Å²) in [6, 6.07) is 17.2. The summed E-state index contributed by atoms with van der Waals surface area (Å²) in [4.78, 5) is 29.3. The van der Waals surface area contributed by atoms with E-state index in [9.17, 15) is 18.0 Å². The molecule has 0 heterocycles. The molecule has 0 saturated heterocycles. The number of hydrogen-bond acceptors (Lipinski definition) is 5. The number of nitrogens with zero attached hydrogens (tertiary/aromatic N) is 2. The van der Waals surface area contributed by atoms with Crippen LogP contribution in [0.3, 0.4) is 0 Å². The highest BCUT2D eigenvalue weighted by atomic mass is 35.5. The molecule has 1 atom stereocenters. The standard InChI is InChI=1S/C33H39Cl2N3O5S/c1-4-31(33(40)36-26-8-6-7-9-26)37(21-24-12-13-25(34)20-30(24)35)32(39)22-38(27-14-10-23(3)11-15-27)44(41,42)29-18-16-28(17-19-29)43-5-2/h10-20,26,31H,4-9,21-22H2,1-3H3,(H,36,40). The quantitative estimate of drug-likeness (QED) is 0.219. The summed E-state index contributed by atoms with van der Waals surface area (Å²) in [5, 5.41) is 3.89. The summed E-state index contributed by atoms with van der Waals surface area (Å²) in [5.74, 6) is -0.275. The number of rotatable bonds is 13. The number of amides is 2. The Morgan fingerprint density at radius 1 is 0.977 bits per heavy atom. The lowest BCUT2D eigenvalue weighted by atomic mass is 10.1. The highest BCUT2D eigenvalue weighted by molar-refractivity contribution is 7.92. The molecule has 1 fully saturated rings. The van der Waals surface area contributed by atoms with Crippen LogP contribution in [0.15, 0.2) is 71.6 Å². The normalized spacial score (nSPS) is 14.2. The zero-order valence-electron chi connectivity index (χ0n) is 25.3. The first-order chi connectivity index (χ1) is 21.0. The van der Waals surface area contributed by atoms with Gasteiger partial charge in [0.25, 0.3) is 10.0 Å². The minimum absolute atomic E-state index is 0.00370. The van der Waals surface area contributed by atoms with Gasteiger partial charge < -0.3 is 15.0 Å². The largest absolute Gasteiger partial charge is 0.494 e. The Bertz CT molecular complexity index is 1540. The third-order valence-electron chi connectivity index (χ3n) is 7.77. The summed E-state index contributed by atoms with van der Waals surface area (Å²) in [5.41, 5.74) is 1.85. The molecule has 1 aliphatic carbocycles. The summed E-state index contributed by atoms with van der Waals surface area (Å²) in [6.45, 7) is 5.48. The topological polar surface area (TPSA) is 96.0 Å². The van der Waals surface area contributed by atoms with Crippen LogP contribution in [0.5, 0.6) is 5.75 Å². The number of sulfonamides is 1. The number of carbonyl (C=O) groups is 2. The molecule has 0 spiro atoms. The highest BCUT2D eigenvalue weighted by Crippen LogP contribution is 2.28. The molecule has 11 heteroatoms. The number of hydrogen-bond donors (Lipinski definition) is 1. The Hall–Kier alpha value is -3.27. The van der Waals surface area contributed by atoms with Crippen LogP contribution in [0, 0.1) is 6.92 Å². The average molecular weight is 661 g/mol. The predicted octanol–water partition coefficient (Wildman–Crippen LogP) is 6.76. The van der Waals surface area contributed by atoms with Gasteiger partial charge in [0.1, 0.15) is 18.3 Å². The number of benzene rings is 3. The van der Waals surface area contributed by atoms with Gasteiger partial charge in [0.05, 0.1) is 17.2 Å². The van der Waals surface area contributed by atoms with E-state index in [1.54, 1.807) is 54.6 Å². The fourth-order valence-corrected chi connectivity index (χ4v) is 7.24.